The second kappa shape index (κ2) is 6.35. The molecule has 1 atom stereocenters. The Morgan fingerprint density at radius 1 is 1.11 bits per heavy atom. The third-order valence-electron chi connectivity index (χ3n) is 4.16. The highest BCUT2D eigenvalue weighted by Gasteiger charge is 2.19. The van der Waals surface area contributed by atoms with E-state index in [0.717, 1.165) is 13.1 Å². The van der Waals surface area contributed by atoms with E-state index in [1.165, 1.54) is 49.0 Å². The number of piperidine rings is 1. The molecule has 2 heteroatoms. The first-order valence-electron chi connectivity index (χ1n) is 7.21. The van der Waals surface area contributed by atoms with Crippen molar-refractivity contribution in [3.8, 4) is 0 Å². The maximum atomic E-state index is 6.03. The average Bonchev–Trinajstić information content (AvgIpc) is 2.38. The van der Waals surface area contributed by atoms with Gasteiger partial charge in [-0.3, -0.25) is 0 Å². The van der Waals surface area contributed by atoms with Gasteiger partial charge >= 0.3 is 0 Å². The zero-order chi connectivity index (χ0) is 13.0. The number of likely N-dealkylation sites (tertiary alicyclic amines) is 1. The molecule has 0 spiro atoms. The van der Waals surface area contributed by atoms with Crippen molar-refractivity contribution in [3.05, 3.63) is 34.9 Å². The second-order valence-electron chi connectivity index (χ2n) is 5.60. The molecule has 1 aliphatic rings. The van der Waals surface area contributed by atoms with Crippen LogP contribution >= 0.6 is 0 Å². The van der Waals surface area contributed by atoms with Crippen LogP contribution in [0, 0.1) is 13.8 Å². The number of hydrogen-bond donors (Lipinski definition) is 1. The summed E-state index contributed by atoms with van der Waals surface area (Å²) in [7, 11) is 0. The van der Waals surface area contributed by atoms with E-state index in [4.69, 9.17) is 5.73 Å². The zero-order valence-corrected chi connectivity index (χ0v) is 11.8. The normalized spacial score (nSPS) is 18.8. The molecule has 0 amide bonds. The van der Waals surface area contributed by atoms with Crippen LogP contribution in [0.15, 0.2) is 18.2 Å². The van der Waals surface area contributed by atoms with Crippen molar-refractivity contribution < 1.29 is 0 Å². The zero-order valence-electron chi connectivity index (χ0n) is 11.8. The van der Waals surface area contributed by atoms with Gasteiger partial charge in [0, 0.05) is 19.0 Å². The monoisotopic (exact) mass is 246 g/mol. The molecule has 1 unspecified atom stereocenters. The summed E-state index contributed by atoms with van der Waals surface area (Å²) in [5, 5.41) is 0. The molecule has 0 saturated carbocycles. The lowest BCUT2D eigenvalue weighted by Gasteiger charge is -2.31. The molecule has 1 fully saturated rings. The molecule has 0 aliphatic carbocycles. The van der Waals surface area contributed by atoms with Crippen LogP contribution in [0.3, 0.4) is 0 Å². The molecule has 1 aliphatic heterocycles. The van der Waals surface area contributed by atoms with E-state index in [9.17, 15) is 0 Å². The van der Waals surface area contributed by atoms with Crippen molar-refractivity contribution >= 4 is 0 Å². The van der Waals surface area contributed by atoms with Crippen LogP contribution in [0.1, 0.15) is 41.9 Å². The number of nitrogens with zero attached hydrogens (tertiary/aromatic N) is 1. The van der Waals surface area contributed by atoms with Gasteiger partial charge in [0.25, 0.3) is 0 Å². The predicted octanol–water partition coefficient (Wildman–Crippen LogP) is 2.83. The summed E-state index contributed by atoms with van der Waals surface area (Å²) in [4.78, 5) is 2.59. The summed E-state index contributed by atoms with van der Waals surface area (Å²) in [5.74, 6) is 0.490. The molecule has 1 saturated heterocycles. The Morgan fingerprint density at radius 2 is 1.72 bits per heavy atom. The standard InChI is InChI=1S/C16H26N2/c1-13-7-6-8-14(2)16(13)15(11-17)12-18-9-4-3-5-10-18/h6-8,15H,3-5,9-12,17H2,1-2H3. The SMILES string of the molecule is Cc1cccc(C)c1C(CN)CN1CCCCC1. The van der Waals surface area contributed by atoms with Crippen LogP contribution < -0.4 is 5.73 Å². The van der Waals surface area contributed by atoms with Gasteiger partial charge in [0.1, 0.15) is 0 Å². The molecule has 0 aromatic heterocycles. The van der Waals surface area contributed by atoms with Crippen molar-refractivity contribution in [1.82, 2.24) is 4.90 Å². The van der Waals surface area contributed by atoms with Gasteiger partial charge in [-0.1, -0.05) is 24.6 Å². The van der Waals surface area contributed by atoms with Gasteiger partial charge in [-0.25, -0.2) is 0 Å². The molecule has 2 nitrogen and oxygen atoms in total. The van der Waals surface area contributed by atoms with Crippen LogP contribution in [-0.4, -0.2) is 31.1 Å². The Bertz CT molecular complexity index is 360. The number of benzene rings is 1. The third-order valence-corrected chi connectivity index (χ3v) is 4.16. The average molecular weight is 246 g/mol. The smallest absolute Gasteiger partial charge is 0.00940 e. The van der Waals surface area contributed by atoms with Crippen molar-refractivity contribution in [2.24, 2.45) is 5.73 Å². The van der Waals surface area contributed by atoms with Crippen molar-refractivity contribution in [2.45, 2.75) is 39.0 Å². The van der Waals surface area contributed by atoms with Gasteiger partial charge < -0.3 is 10.6 Å². The lowest BCUT2D eigenvalue weighted by molar-refractivity contribution is 0.216. The maximum Gasteiger partial charge on any atom is 0.00940 e. The summed E-state index contributed by atoms with van der Waals surface area (Å²) in [6.07, 6.45) is 4.10. The summed E-state index contributed by atoms with van der Waals surface area (Å²) in [5.41, 5.74) is 10.3. The van der Waals surface area contributed by atoms with Crippen LogP contribution in [0.5, 0.6) is 0 Å². The highest BCUT2D eigenvalue weighted by Crippen LogP contribution is 2.25. The molecule has 1 heterocycles. The molecular weight excluding hydrogens is 220 g/mol. The van der Waals surface area contributed by atoms with Crippen molar-refractivity contribution in [3.63, 3.8) is 0 Å². The molecular formula is C16H26N2. The largest absolute Gasteiger partial charge is 0.330 e. The fraction of sp³-hybridized carbons (Fsp3) is 0.625. The first kappa shape index (κ1) is 13.6. The first-order valence-corrected chi connectivity index (χ1v) is 7.21. The van der Waals surface area contributed by atoms with Crippen LogP contribution in [0.4, 0.5) is 0 Å². The Kier molecular flexibility index (Phi) is 4.79. The topological polar surface area (TPSA) is 29.3 Å². The Morgan fingerprint density at radius 3 is 2.28 bits per heavy atom. The Balaban J connectivity index is 2.12. The predicted molar refractivity (Wildman–Crippen MR) is 78.0 cm³/mol. The molecule has 18 heavy (non-hydrogen) atoms. The van der Waals surface area contributed by atoms with E-state index in [1.54, 1.807) is 0 Å². The van der Waals surface area contributed by atoms with Gasteiger partial charge in [-0.05, 0) is 56.5 Å². The number of rotatable bonds is 4. The van der Waals surface area contributed by atoms with E-state index in [2.05, 4.69) is 36.9 Å². The number of hydrogen-bond acceptors (Lipinski definition) is 2. The van der Waals surface area contributed by atoms with Gasteiger partial charge in [0.15, 0.2) is 0 Å². The van der Waals surface area contributed by atoms with Gasteiger partial charge in [-0.2, -0.15) is 0 Å². The highest BCUT2D eigenvalue weighted by molar-refractivity contribution is 5.37. The van der Waals surface area contributed by atoms with E-state index >= 15 is 0 Å². The molecule has 0 radical (unpaired) electrons. The molecule has 100 valence electrons. The summed E-state index contributed by atoms with van der Waals surface area (Å²) >= 11 is 0. The minimum Gasteiger partial charge on any atom is -0.330 e. The van der Waals surface area contributed by atoms with Gasteiger partial charge in [-0.15, -0.1) is 0 Å². The van der Waals surface area contributed by atoms with Crippen molar-refractivity contribution in [1.29, 1.82) is 0 Å². The third kappa shape index (κ3) is 3.12. The second-order valence-corrected chi connectivity index (χ2v) is 5.60. The number of nitrogens with two attached hydrogens (primary N) is 1. The fourth-order valence-corrected chi connectivity index (χ4v) is 3.21. The molecule has 2 N–H and O–H groups in total. The highest BCUT2D eigenvalue weighted by atomic mass is 15.1. The summed E-state index contributed by atoms with van der Waals surface area (Å²) in [6, 6.07) is 6.56. The molecule has 2 rings (SSSR count). The Hall–Kier alpha value is -0.860. The molecule has 0 bridgehead atoms. The molecule has 1 aromatic carbocycles. The van der Waals surface area contributed by atoms with Gasteiger partial charge in [0.05, 0.1) is 0 Å². The maximum absolute atomic E-state index is 6.03. The van der Waals surface area contributed by atoms with Crippen molar-refractivity contribution in [2.75, 3.05) is 26.2 Å². The minimum atomic E-state index is 0.490. The lowest BCUT2D eigenvalue weighted by Crippen LogP contribution is -2.36. The van der Waals surface area contributed by atoms with Crippen LogP contribution in [0.25, 0.3) is 0 Å². The Labute approximate surface area is 111 Å². The quantitative estimate of drug-likeness (QED) is 0.885. The van der Waals surface area contributed by atoms with Crippen LogP contribution in [-0.2, 0) is 0 Å². The van der Waals surface area contributed by atoms with E-state index in [1.807, 2.05) is 0 Å². The summed E-state index contributed by atoms with van der Waals surface area (Å²) in [6.45, 7) is 8.80. The first-order chi connectivity index (χ1) is 8.72. The fourth-order valence-electron chi connectivity index (χ4n) is 3.21. The summed E-state index contributed by atoms with van der Waals surface area (Å²) < 4.78 is 0. The lowest BCUT2D eigenvalue weighted by atomic mass is 9.90. The van der Waals surface area contributed by atoms with Gasteiger partial charge in [0.2, 0.25) is 0 Å². The number of aryl methyl sites for hydroxylation is 2. The van der Waals surface area contributed by atoms with E-state index < -0.39 is 0 Å². The van der Waals surface area contributed by atoms with E-state index in [-0.39, 0.29) is 0 Å². The van der Waals surface area contributed by atoms with Crippen LogP contribution in [0.2, 0.25) is 0 Å². The van der Waals surface area contributed by atoms with E-state index in [0.29, 0.717) is 5.92 Å². The molecule has 1 aromatic rings. The minimum absolute atomic E-state index is 0.490.